The summed E-state index contributed by atoms with van der Waals surface area (Å²) in [5, 5.41) is 2.78. The van der Waals surface area contributed by atoms with E-state index in [2.05, 4.69) is 51.4 Å². The average molecular weight is 479 g/mol. The first-order valence-corrected chi connectivity index (χ1v) is 12.1. The number of rotatable bonds is 4. The van der Waals surface area contributed by atoms with Crippen molar-refractivity contribution in [3.63, 3.8) is 0 Å². The molecule has 5 aromatic rings. The van der Waals surface area contributed by atoms with Crippen LogP contribution in [-0.4, -0.2) is 43.8 Å². The quantitative estimate of drug-likeness (QED) is 0.360. The van der Waals surface area contributed by atoms with Gasteiger partial charge in [0, 0.05) is 12.1 Å². The van der Waals surface area contributed by atoms with Gasteiger partial charge in [-0.1, -0.05) is 30.3 Å². The molecule has 4 N–H and O–H groups in total. The number of amides is 1. The molecule has 8 nitrogen and oxygen atoms in total. The summed E-state index contributed by atoms with van der Waals surface area (Å²) >= 11 is 0. The van der Waals surface area contributed by atoms with E-state index in [1.54, 1.807) is 4.90 Å². The van der Waals surface area contributed by atoms with Gasteiger partial charge in [-0.05, 0) is 65.9 Å². The number of carbonyl (C=O) groups is 1. The number of nitrogens with two attached hydrogens (primary N) is 1. The highest BCUT2D eigenvalue weighted by atomic mass is 16.2. The third-order valence-corrected chi connectivity index (χ3v) is 6.98. The third-order valence-electron chi connectivity index (χ3n) is 6.98. The maximum atomic E-state index is 12.8. The number of aryl methyl sites for hydroxylation is 1. The molecule has 0 bridgehead atoms. The van der Waals surface area contributed by atoms with Gasteiger partial charge in [0.1, 0.15) is 11.6 Å². The van der Waals surface area contributed by atoms with Crippen molar-refractivity contribution in [2.45, 2.75) is 25.8 Å². The number of fused-ring (bicyclic) bond motifs is 2. The van der Waals surface area contributed by atoms with Crippen molar-refractivity contribution in [3.05, 3.63) is 82.8 Å². The van der Waals surface area contributed by atoms with E-state index >= 15 is 0 Å². The molecular formula is C28H26N6O2. The number of benzene rings is 3. The van der Waals surface area contributed by atoms with Crippen molar-refractivity contribution >= 4 is 27.6 Å². The fourth-order valence-electron chi connectivity index (χ4n) is 5.12. The number of aromatic nitrogens is 4. The highest BCUT2D eigenvalue weighted by Crippen LogP contribution is 2.32. The fourth-order valence-corrected chi connectivity index (χ4v) is 5.12. The van der Waals surface area contributed by atoms with Crippen LogP contribution < -0.4 is 11.3 Å². The predicted octanol–water partition coefficient (Wildman–Crippen LogP) is 4.06. The molecule has 0 unspecified atom stereocenters. The second-order valence-electron chi connectivity index (χ2n) is 9.29. The Morgan fingerprint density at radius 1 is 1.03 bits per heavy atom. The number of likely N-dealkylation sites (tertiary alicyclic amines) is 1. The standard InChI is InChI=1S/C28H26N6O2/c1-16-30-15-24(31-16)21-7-6-17-11-18(4-5-19(17)12-21)20-8-9-22-23(13-20)32-27(33-28(22)36)25-3-2-10-34(25)26(35)14-29/h4-9,11-13,15,25H,2-3,10,14,29H2,1H3,(H,30,31)(H,32,33,36)/t25-/m0/s1. The SMILES string of the molecule is Cc1ncc(-c2ccc3cc(-c4ccc5c(=O)[nH]c([C@@H]6CCCN6C(=O)CN)nc5c4)ccc3c2)[nH]1. The third kappa shape index (κ3) is 3.85. The average Bonchev–Trinajstić information content (AvgIpc) is 3.57. The molecule has 6 rings (SSSR count). The Bertz CT molecular complexity index is 1690. The lowest BCUT2D eigenvalue weighted by molar-refractivity contribution is -0.130. The lowest BCUT2D eigenvalue weighted by Gasteiger charge is -2.23. The zero-order valence-electron chi connectivity index (χ0n) is 19.9. The lowest BCUT2D eigenvalue weighted by atomic mass is 9.98. The second-order valence-corrected chi connectivity index (χ2v) is 9.29. The van der Waals surface area contributed by atoms with Gasteiger partial charge in [-0.25, -0.2) is 9.97 Å². The smallest absolute Gasteiger partial charge is 0.258 e. The summed E-state index contributed by atoms with van der Waals surface area (Å²) in [6.07, 6.45) is 3.46. The number of nitrogens with one attached hydrogen (secondary N) is 2. The van der Waals surface area contributed by atoms with E-state index in [-0.39, 0.29) is 24.1 Å². The maximum Gasteiger partial charge on any atom is 0.258 e. The Kier molecular flexibility index (Phi) is 5.38. The van der Waals surface area contributed by atoms with Gasteiger partial charge in [0.05, 0.1) is 35.4 Å². The second kappa shape index (κ2) is 8.73. The molecule has 36 heavy (non-hydrogen) atoms. The minimum absolute atomic E-state index is 0.0521. The molecule has 0 radical (unpaired) electrons. The zero-order chi connectivity index (χ0) is 24.8. The summed E-state index contributed by atoms with van der Waals surface area (Å²) in [7, 11) is 0. The van der Waals surface area contributed by atoms with E-state index in [0.29, 0.717) is 23.3 Å². The number of aromatic amines is 2. The first-order chi connectivity index (χ1) is 17.5. The molecule has 8 heteroatoms. The number of nitrogens with zero attached hydrogens (tertiary/aromatic N) is 3. The molecule has 3 aromatic carbocycles. The van der Waals surface area contributed by atoms with E-state index in [9.17, 15) is 9.59 Å². The molecule has 2 aromatic heterocycles. The van der Waals surface area contributed by atoms with Gasteiger partial charge in [0.25, 0.3) is 5.56 Å². The van der Waals surface area contributed by atoms with Crippen LogP contribution in [0.4, 0.5) is 0 Å². The van der Waals surface area contributed by atoms with Crippen LogP contribution in [0.25, 0.3) is 44.1 Å². The molecule has 0 aliphatic carbocycles. The van der Waals surface area contributed by atoms with Crippen molar-refractivity contribution in [3.8, 4) is 22.4 Å². The highest BCUT2D eigenvalue weighted by Gasteiger charge is 2.31. The van der Waals surface area contributed by atoms with Crippen LogP contribution in [0.3, 0.4) is 0 Å². The van der Waals surface area contributed by atoms with Gasteiger partial charge in [-0.2, -0.15) is 0 Å². The number of H-pyrrole nitrogens is 2. The molecule has 1 amide bonds. The molecule has 180 valence electrons. The van der Waals surface area contributed by atoms with Gasteiger partial charge in [-0.3, -0.25) is 9.59 Å². The van der Waals surface area contributed by atoms with Gasteiger partial charge in [0.2, 0.25) is 5.91 Å². The predicted molar refractivity (Wildman–Crippen MR) is 140 cm³/mol. The molecule has 3 heterocycles. The van der Waals surface area contributed by atoms with Crippen LogP contribution in [0.5, 0.6) is 0 Å². The maximum absolute atomic E-state index is 12.8. The summed E-state index contributed by atoms with van der Waals surface area (Å²) < 4.78 is 0. The van der Waals surface area contributed by atoms with Gasteiger partial charge in [0.15, 0.2) is 0 Å². The number of imidazole rings is 1. The fraction of sp³-hybridized carbons (Fsp3) is 0.214. The van der Waals surface area contributed by atoms with Crippen LogP contribution in [-0.2, 0) is 4.79 Å². The van der Waals surface area contributed by atoms with Crippen LogP contribution in [0, 0.1) is 6.92 Å². The van der Waals surface area contributed by atoms with Crippen molar-refractivity contribution in [1.82, 2.24) is 24.8 Å². The Morgan fingerprint density at radius 3 is 2.50 bits per heavy atom. The summed E-state index contributed by atoms with van der Waals surface area (Å²) in [4.78, 5) is 42.1. The first kappa shape index (κ1) is 22.2. The minimum atomic E-state index is -0.254. The topological polar surface area (TPSA) is 121 Å². The van der Waals surface area contributed by atoms with Crippen LogP contribution in [0.1, 0.15) is 30.5 Å². The Morgan fingerprint density at radius 2 is 1.75 bits per heavy atom. The normalized spacial score (nSPS) is 15.7. The van der Waals surface area contributed by atoms with E-state index in [1.807, 2.05) is 31.3 Å². The molecular weight excluding hydrogens is 452 g/mol. The summed E-state index contributed by atoms with van der Waals surface area (Å²) in [6.45, 7) is 2.51. The molecule has 1 aliphatic heterocycles. The van der Waals surface area contributed by atoms with E-state index in [4.69, 9.17) is 10.7 Å². The zero-order valence-corrected chi connectivity index (χ0v) is 19.9. The van der Waals surface area contributed by atoms with Crippen LogP contribution in [0.15, 0.2) is 65.6 Å². The molecule has 0 saturated carbocycles. The van der Waals surface area contributed by atoms with Crippen LogP contribution >= 0.6 is 0 Å². The molecule has 0 spiro atoms. The molecule has 1 saturated heterocycles. The number of hydrogen-bond donors (Lipinski definition) is 3. The molecule has 1 atom stereocenters. The Balaban J connectivity index is 1.37. The Labute approximate surface area is 207 Å². The monoisotopic (exact) mass is 478 g/mol. The van der Waals surface area contributed by atoms with Crippen molar-refractivity contribution in [2.75, 3.05) is 13.1 Å². The van der Waals surface area contributed by atoms with Crippen molar-refractivity contribution < 1.29 is 4.79 Å². The van der Waals surface area contributed by atoms with Crippen molar-refractivity contribution in [1.29, 1.82) is 0 Å². The summed E-state index contributed by atoms with van der Waals surface area (Å²) in [5.41, 5.74) is 10.1. The summed E-state index contributed by atoms with van der Waals surface area (Å²) in [5.74, 6) is 1.28. The highest BCUT2D eigenvalue weighted by molar-refractivity contribution is 5.92. The van der Waals surface area contributed by atoms with Gasteiger partial charge < -0.3 is 20.6 Å². The summed E-state index contributed by atoms with van der Waals surface area (Å²) in [6, 6.07) is 18.1. The number of hydrogen-bond acceptors (Lipinski definition) is 5. The van der Waals surface area contributed by atoms with E-state index < -0.39 is 0 Å². The first-order valence-electron chi connectivity index (χ1n) is 12.1. The van der Waals surface area contributed by atoms with E-state index in [0.717, 1.165) is 51.8 Å². The number of carbonyl (C=O) groups excluding carboxylic acids is 1. The minimum Gasteiger partial charge on any atom is -0.342 e. The van der Waals surface area contributed by atoms with Gasteiger partial charge in [-0.15, -0.1) is 0 Å². The van der Waals surface area contributed by atoms with Crippen molar-refractivity contribution in [2.24, 2.45) is 5.73 Å². The van der Waals surface area contributed by atoms with Crippen LogP contribution in [0.2, 0.25) is 0 Å². The molecule has 1 fully saturated rings. The Hall–Kier alpha value is -4.30. The van der Waals surface area contributed by atoms with E-state index in [1.165, 1.54) is 0 Å². The largest absolute Gasteiger partial charge is 0.342 e. The molecule has 1 aliphatic rings. The lowest BCUT2D eigenvalue weighted by Crippen LogP contribution is -2.36. The van der Waals surface area contributed by atoms with Gasteiger partial charge >= 0.3 is 0 Å².